The number of hydrogen-bond acceptors (Lipinski definition) is 20. The summed E-state index contributed by atoms with van der Waals surface area (Å²) in [6.45, 7) is 2.98. The van der Waals surface area contributed by atoms with E-state index >= 15 is 0 Å². The van der Waals surface area contributed by atoms with Gasteiger partial charge in [-0.15, -0.1) is 0 Å². The van der Waals surface area contributed by atoms with E-state index in [1.807, 2.05) is 0 Å². The number of nitro groups is 2. The number of benzene rings is 2. The molecule has 0 atom stereocenters. The second-order valence-electron chi connectivity index (χ2n) is 14.4. The third kappa shape index (κ3) is 20.8. The molecule has 380 valence electrons. The zero-order valence-corrected chi connectivity index (χ0v) is 38.2. The molecule has 0 bridgehead atoms. The smallest absolute Gasteiger partial charge is 0.484 e. The number of aromatic nitrogens is 2. The lowest BCUT2D eigenvalue weighted by atomic mass is 10.2. The summed E-state index contributed by atoms with van der Waals surface area (Å²) in [5, 5.41) is 29.9. The standard InChI is InChI=1S/C43H54N8O19/c1-48-33(27-46-42(48)51(60)61)30-68-36-7-2-31(29-69-43(57)70-34-5-3-32(4-6-34)50(58)59)26-35(36)47-39(54)28-45-38(53)11-14-62-16-18-64-20-22-66-24-25-67-23-21-65-19-17-63-15-12-44-37(52)10-13-49-40(55)8-9-41(49)56/h2-9,26-27H,10-25,28-30H2,1H3,(H,44,52)(H,45,53)(H,47,54). The Morgan fingerprint density at radius 3 is 1.81 bits per heavy atom. The molecule has 1 aliphatic heterocycles. The number of carbonyl (C=O) groups is 6. The molecular formula is C43H54N8O19. The molecule has 2 aromatic carbocycles. The molecule has 0 saturated heterocycles. The SMILES string of the molecule is Cn1c(COc2ccc(COC(=O)Oc3ccc([N+](=O)[O-])cc3)cc2NC(=O)CNC(=O)CCOCCOCCOCCOCCOCCOCCNC(=O)CCN2C(=O)C=CC2=O)cnc1[N+](=O)[O-]. The van der Waals surface area contributed by atoms with Crippen LogP contribution in [0.5, 0.6) is 11.5 Å². The molecule has 70 heavy (non-hydrogen) atoms. The Morgan fingerprint density at radius 2 is 1.24 bits per heavy atom. The summed E-state index contributed by atoms with van der Waals surface area (Å²) in [5.41, 5.74) is 0.657. The summed E-state index contributed by atoms with van der Waals surface area (Å²) in [6.07, 6.45) is 2.48. The first-order valence-corrected chi connectivity index (χ1v) is 21.6. The van der Waals surface area contributed by atoms with Gasteiger partial charge >= 0.3 is 12.1 Å². The number of ether oxygens (including phenoxy) is 9. The minimum atomic E-state index is -1.10. The van der Waals surface area contributed by atoms with Gasteiger partial charge in [0.1, 0.15) is 30.9 Å². The number of hydrogen-bond donors (Lipinski definition) is 3. The van der Waals surface area contributed by atoms with Crippen LogP contribution >= 0.6 is 0 Å². The Bertz CT molecular complexity index is 2240. The number of amides is 5. The van der Waals surface area contributed by atoms with Crippen LogP contribution in [0.1, 0.15) is 24.1 Å². The number of rotatable bonds is 35. The van der Waals surface area contributed by atoms with Crippen molar-refractivity contribution in [3.8, 4) is 11.5 Å². The summed E-state index contributed by atoms with van der Waals surface area (Å²) < 4.78 is 49.9. The molecule has 1 aromatic heterocycles. The highest BCUT2D eigenvalue weighted by atomic mass is 16.7. The highest BCUT2D eigenvalue weighted by Gasteiger charge is 2.24. The van der Waals surface area contributed by atoms with Crippen LogP contribution in [-0.4, -0.2) is 159 Å². The van der Waals surface area contributed by atoms with E-state index in [-0.39, 0.29) is 94.4 Å². The molecule has 0 spiro atoms. The second kappa shape index (κ2) is 30.8. The summed E-state index contributed by atoms with van der Waals surface area (Å²) in [7, 11) is 1.44. The van der Waals surface area contributed by atoms with E-state index in [4.69, 9.17) is 42.6 Å². The molecule has 3 N–H and O–H groups in total. The van der Waals surface area contributed by atoms with E-state index < -0.39 is 52.1 Å². The fourth-order valence-electron chi connectivity index (χ4n) is 5.73. The van der Waals surface area contributed by atoms with E-state index in [0.29, 0.717) is 64.1 Å². The van der Waals surface area contributed by atoms with Gasteiger partial charge in [0.2, 0.25) is 17.7 Å². The molecule has 5 amide bonds. The van der Waals surface area contributed by atoms with Gasteiger partial charge in [-0.1, -0.05) is 11.1 Å². The fraction of sp³-hybridized carbons (Fsp3) is 0.465. The maximum atomic E-state index is 12.9. The third-order valence-corrected chi connectivity index (χ3v) is 9.33. The highest BCUT2D eigenvalue weighted by molar-refractivity contribution is 6.13. The zero-order chi connectivity index (χ0) is 50.5. The van der Waals surface area contributed by atoms with Crippen LogP contribution in [0.25, 0.3) is 0 Å². The molecule has 0 aliphatic carbocycles. The predicted octanol–water partition coefficient (Wildman–Crippen LogP) is 1.51. The van der Waals surface area contributed by atoms with Crippen LogP contribution in [0, 0.1) is 20.2 Å². The number of imidazole rings is 1. The maximum absolute atomic E-state index is 12.9. The maximum Gasteiger partial charge on any atom is 0.514 e. The number of nitrogens with zero attached hydrogens (tertiary/aromatic N) is 5. The van der Waals surface area contributed by atoms with Crippen molar-refractivity contribution in [3.63, 3.8) is 0 Å². The monoisotopic (exact) mass is 986 g/mol. The van der Waals surface area contributed by atoms with Crippen LogP contribution in [0.4, 0.5) is 22.1 Å². The minimum absolute atomic E-state index is 0.00951. The first-order chi connectivity index (χ1) is 33.8. The summed E-state index contributed by atoms with van der Waals surface area (Å²) in [5.74, 6) is -2.49. The molecule has 27 nitrogen and oxygen atoms in total. The van der Waals surface area contributed by atoms with Gasteiger partial charge in [-0.05, 0) is 34.8 Å². The molecule has 1 aliphatic rings. The topological polar surface area (TPSA) is 329 Å². The largest absolute Gasteiger partial charge is 0.514 e. The molecule has 27 heteroatoms. The van der Waals surface area contributed by atoms with E-state index in [2.05, 4.69) is 20.9 Å². The van der Waals surface area contributed by atoms with E-state index in [1.165, 1.54) is 60.3 Å². The molecule has 3 aromatic rings. The van der Waals surface area contributed by atoms with Gasteiger partial charge in [0.05, 0.1) is 103 Å². The first kappa shape index (κ1) is 55.2. The summed E-state index contributed by atoms with van der Waals surface area (Å²) in [4.78, 5) is 98.1. The Balaban J connectivity index is 1.00. The van der Waals surface area contributed by atoms with Gasteiger partial charge in [-0.2, -0.15) is 0 Å². The summed E-state index contributed by atoms with van der Waals surface area (Å²) >= 11 is 0. The van der Waals surface area contributed by atoms with Crippen LogP contribution in [0.3, 0.4) is 0 Å². The number of non-ortho nitro benzene ring substituents is 1. The van der Waals surface area contributed by atoms with Crippen LogP contribution < -0.4 is 25.4 Å². The molecule has 2 heterocycles. The van der Waals surface area contributed by atoms with Crippen molar-refractivity contribution in [2.45, 2.75) is 26.1 Å². The van der Waals surface area contributed by atoms with Crippen molar-refractivity contribution >= 4 is 53.0 Å². The fourth-order valence-corrected chi connectivity index (χ4v) is 5.73. The van der Waals surface area contributed by atoms with E-state index in [0.717, 1.165) is 17.0 Å². The third-order valence-electron chi connectivity index (χ3n) is 9.33. The number of nitro benzene ring substituents is 1. The number of nitrogens with one attached hydrogen (secondary N) is 3. The number of imide groups is 1. The number of anilines is 1. The van der Waals surface area contributed by atoms with Crippen molar-refractivity contribution in [3.05, 3.63) is 92.3 Å². The van der Waals surface area contributed by atoms with Gasteiger partial charge in [-0.25, -0.2) is 9.36 Å². The van der Waals surface area contributed by atoms with E-state index in [1.54, 1.807) is 0 Å². The van der Waals surface area contributed by atoms with Gasteiger partial charge in [-0.3, -0.25) is 39.0 Å². The Morgan fingerprint density at radius 1 is 0.671 bits per heavy atom. The second-order valence-corrected chi connectivity index (χ2v) is 14.4. The van der Waals surface area contributed by atoms with Crippen molar-refractivity contribution in [2.75, 3.05) is 104 Å². The van der Waals surface area contributed by atoms with Crippen LogP contribution in [-0.2, 0) is 77.4 Å². The van der Waals surface area contributed by atoms with Crippen molar-refractivity contribution in [2.24, 2.45) is 7.05 Å². The van der Waals surface area contributed by atoms with Gasteiger partial charge in [0.15, 0.2) is 5.69 Å². The average Bonchev–Trinajstić information content (AvgIpc) is 3.88. The van der Waals surface area contributed by atoms with Gasteiger partial charge < -0.3 is 68.7 Å². The average molecular weight is 987 g/mol. The summed E-state index contributed by atoms with van der Waals surface area (Å²) in [6, 6.07) is 9.22. The van der Waals surface area contributed by atoms with Crippen molar-refractivity contribution in [1.82, 2.24) is 25.1 Å². The van der Waals surface area contributed by atoms with Crippen molar-refractivity contribution < 1.29 is 81.2 Å². The van der Waals surface area contributed by atoms with Crippen LogP contribution in [0.15, 0.2) is 60.8 Å². The molecule has 0 saturated carbocycles. The first-order valence-electron chi connectivity index (χ1n) is 21.6. The molecule has 4 rings (SSSR count). The highest BCUT2D eigenvalue weighted by Crippen LogP contribution is 2.28. The Kier molecular flexibility index (Phi) is 24.3. The normalized spacial score (nSPS) is 11.9. The predicted molar refractivity (Wildman–Crippen MR) is 239 cm³/mol. The zero-order valence-electron chi connectivity index (χ0n) is 38.2. The quantitative estimate of drug-likeness (QED) is 0.0188. The molecular weight excluding hydrogens is 933 g/mol. The van der Waals surface area contributed by atoms with Crippen LogP contribution in [0.2, 0.25) is 0 Å². The number of carbonyl (C=O) groups excluding carboxylic acids is 6. The lowest BCUT2D eigenvalue weighted by Crippen LogP contribution is -2.35. The minimum Gasteiger partial charge on any atom is -0.484 e. The molecule has 0 fully saturated rings. The van der Waals surface area contributed by atoms with Crippen molar-refractivity contribution in [1.29, 1.82) is 0 Å². The van der Waals surface area contributed by atoms with E-state index in [9.17, 15) is 49.0 Å². The molecule has 0 unspecified atom stereocenters. The van der Waals surface area contributed by atoms with Gasteiger partial charge in [0, 0.05) is 50.2 Å². The lowest BCUT2D eigenvalue weighted by Gasteiger charge is -2.14. The Labute approximate surface area is 399 Å². The Hall–Kier alpha value is -7.43. The lowest BCUT2D eigenvalue weighted by molar-refractivity contribution is -0.396. The molecule has 0 radical (unpaired) electrons. The van der Waals surface area contributed by atoms with Gasteiger partial charge in [0.25, 0.3) is 17.5 Å².